The third kappa shape index (κ3) is 2.25. The molecular weight excluding hydrogens is 130 g/mol. The number of ether oxygens (including phenoxy) is 1. The van der Waals surface area contributed by atoms with Gasteiger partial charge in [0.05, 0.1) is 25.4 Å². The standard InChI is InChI=1S/C7H15NO2/c1-5-2-7(5)10-4-6(8)3-9/h5-7,9H,2-4,8H2,1H3/t5-,6?,7-/m0/s1. The van der Waals surface area contributed by atoms with E-state index in [1.165, 1.54) is 0 Å². The fourth-order valence-electron chi connectivity index (χ4n) is 0.820. The maximum absolute atomic E-state index is 8.53. The molecule has 0 spiro atoms. The van der Waals surface area contributed by atoms with Gasteiger partial charge in [-0.25, -0.2) is 0 Å². The van der Waals surface area contributed by atoms with Crippen LogP contribution in [0.15, 0.2) is 0 Å². The third-order valence-electron chi connectivity index (χ3n) is 1.79. The normalized spacial score (nSPS) is 33.9. The highest BCUT2D eigenvalue weighted by Gasteiger charge is 2.33. The molecule has 0 aromatic heterocycles. The average molecular weight is 145 g/mol. The van der Waals surface area contributed by atoms with Crippen LogP contribution in [0.5, 0.6) is 0 Å². The lowest BCUT2D eigenvalue weighted by molar-refractivity contribution is 0.0822. The summed E-state index contributed by atoms with van der Waals surface area (Å²) in [4.78, 5) is 0. The summed E-state index contributed by atoms with van der Waals surface area (Å²) < 4.78 is 5.33. The Hall–Kier alpha value is -0.120. The van der Waals surface area contributed by atoms with E-state index in [0.29, 0.717) is 18.6 Å². The minimum atomic E-state index is -0.201. The van der Waals surface area contributed by atoms with Gasteiger partial charge in [-0.05, 0) is 12.3 Å². The molecule has 0 heterocycles. The van der Waals surface area contributed by atoms with Crippen LogP contribution in [0.3, 0.4) is 0 Å². The molecule has 1 rings (SSSR count). The van der Waals surface area contributed by atoms with Crippen LogP contribution in [-0.2, 0) is 4.74 Å². The number of aliphatic hydroxyl groups is 1. The Morgan fingerprint density at radius 1 is 1.80 bits per heavy atom. The van der Waals surface area contributed by atoms with Gasteiger partial charge >= 0.3 is 0 Å². The fraction of sp³-hybridized carbons (Fsp3) is 1.00. The van der Waals surface area contributed by atoms with Crippen LogP contribution in [-0.4, -0.2) is 30.5 Å². The molecule has 3 heteroatoms. The number of aliphatic hydroxyl groups excluding tert-OH is 1. The second-order valence-corrected chi connectivity index (χ2v) is 3.03. The Kier molecular flexibility index (Phi) is 2.65. The van der Waals surface area contributed by atoms with Crippen molar-refractivity contribution in [3.05, 3.63) is 0 Å². The minimum Gasteiger partial charge on any atom is -0.395 e. The highest BCUT2D eigenvalue weighted by atomic mass is 16.5. The van der Waals surface area contributed by atoms with Gasteiger partial charge in [-0.15, -0.1) is 0 Å². The largest absolute Gasteiger partial charge is 0.395 e. The first-order valence-corrected chi connectivity index (χ1v) is 3.72. The van der Waals surface area contributed by atoms with Crippen molar-refractivity contribution in [2.45, 2.75) is 25.5 Å². The van der Waals surface area contributed by atoms with Crippen LogP contribution in [0.2, 0.25) is 0 Å². The van der Waals surface area contributed by atoms with Crippen molar-refractivity contribution in [1.29, 1.82) is 0 Å². The number of rotatable bonds is 4. The molecule has 1 unspecified atom stereocenters. The van der Waals surface area contributed by atoms with Crippen LogP contribution < -0.4 is 5.73 Å². The Bertz CT molecular complexity index is 104. The summed E-state index contributed by atoms with van der Waals surface area (Å²) in [6, 6.07) is -0.201. The van der Waals surface area contributed by atoms with Crippen molar-refractivity contribution in [3.63, 3.8) is 0 Å². The Balaban J connectivity index is 1.95. The van der Waals surface area contributed by atoms with Crippen LogP contribution >= 0.6 is 0 Å². The van der Waals surface area contributed by atoms with Crippen molar-refractivity contribution in [2.24, 2.45) is 11.7 Å². The van der Waals surface area contributed by atoms with Crippen molar-refractivity contribution in [3.8, 4) is 0 Å². The molecular formula is C7H15NO2. The summed E-state index contributed by atoms with van der Waals surface area (Å²) in [5.74, 6) is 0.700. The first kappa shape index (κ1) is 7.98. The fourth-order valence-corrected chi connectivity index (χ4v) is 0.820. The van der Waals surface area contributed by atoms with E-state index < -0.39 is 0 Å². The molecule has 3 N–H and O–H groups in total. The smallest absolute Gasteiger partial charge is 0.0643 e. The SMILES string of the molecule is C[C@H]1C[C@@H]1OCC(N)CO. The van der Waals surface area contributed by atoms with Gasteiger partial charge < -0.3 is 15.6 Å². The van der Waals surface area contributed by atoms with Gasteiger partial charge in [-0.3, -0.25) is 0 Å². The summed E-state index contributed by atoms with van der Waals surface area (Å²) in [7, 11) is 0. The van der Waals surface area contributed by atoms with Crippen molar-refractivity contribution in [1.82, 2.24) is 0 Å². The zero-order valence-corrected chi connectivity index (χ0v) is 6.29. The van der Waals surface area contributed by atoms with Gasteiger partial charge in [0.1, 0.15) is 0 Å². The molecule has 0 aromatic rings. The summed E-state index contributed by atoms with van der Waals surface area (Å²) in [5.41, 5.74) is 5.42. The van der Waals surface area contributed by atoms with Gasteiger partial charge in [0.15, 0.2) is 0 Å². The van der Waals surface area contributed by atoms with Gasteiger partial charge in [0.2, 0.25) is 0 Å². The highest BCUT2D eigenvalue weighted by Crippen LogP contribution is 2.32. The van der Waals surface area contributed by atoms with E-state index in [-0.39, 0.29) is 12.6 Å². The molecule has 3 atom stereocenters. The van der Waals surface area contributed by atoms with E-state index in [9.17, 15) is 0 Å². The Morgan fingerprint density at radius 3 is 2.80 bits per heavy atom. The summed E-state index contributed by atoms with van der Waals surface area (Å²) >= 11 is 0. The van der Waals surface area contributed by atoms with E-state index in [2.05, 4.69) is 6.92 Å². The first-order valence-electron chi connectivity index (χ1n) is 3.72. The molecule has 0 radical (unpaired) electrons. The predicted molar refractivity (Wildman–Crippen MR) is 38.6 cm³/mol. The number of hydrogen-bond acceptors (Lipinski definition) is 3. The maximum atomic E-state index is 8.53. The number of hydrogen-bond donors (Lipinski definition) is 2. The monoisotopic (exact) mass is 145 g/mol. The first-order chi connectivity index (χ1) is 4.74. The zero-order valence-electron chi connectivity index (χ0n) is 6.29. The van der Waals surface area contributed by atoms with Crippen molar-refractivity contribution < 1.29 is 9.84 Å². The topological polar surface area (TPSA) is 55.5 Å². The van der Waals surface area contributed by atoms with E-state index in [4.69, 9.17) is 15.6 Å². The molecule has 0 aliphatic heterocycles. The lowest BCUT2D eigenvalue weighted by Gasteiger charge is -2.07. The summed E-state index contributed by atoms with van der Waals surface area (Å²) in [6.45, 7) is 2.65. The predicted octanol–water partition coefficient (Wildman–Crippen LogP) is -0.269. The zero-order chi connectivity index (χ0) is 7.56. The third-order valence-corrected chi connectivity index (χ3v) is 1.79. The molecule has 0 saturated heterocycles. The minimum absolute atomic E-state index is 0.0150. The van der Waals surface area contributed by atoms with Gasteiger partial charge in [-0.2, -0.15) is 0 Å². The number of nitrogens with two attached hydrogens (primary N) is 1. The quantitative estimate of drug-likeness (QED) is 0.572. The molecule has 60 valence electrons. The van der Waals surface area contributed by atoms with Crippen LogP contribution in [0.4, 0.5) is 0 Å². The van der Waals surface area contributed by atoms with Gasteiger partial charge in [0.25, 0.3) is 0 Å². The second kappa shape index (κ2) is 3.32. The summed E-state index contributed by atoms with van der Waals surface area (Å²) in [6.07, 6.45) is 1.57. The molecule has 10 heavy (non-hydrogen) atoms. The molecule has 3 nitrogen and oxygen atoms in total. The lowest BCUT2D eigenvalue weighted by atomic mass is 10.4. The molecule has 1 saturated carbocycles. The van der Waals surface area contributed by atoms with E-state index in [1.54, 1.807) is 0 Å². The van der Waals surface area contributed by atoms with E-state index >= 15 is 0 Å². The molecule has 0 bridgehead atoms. The van der Waals surface area contributed by atoms with Gasteiger partial charge in [-0.1, -0.05) is 6.92 Å². The van der Waals surface area contributed by atoms with E-state index in [1.807, 2.05) is 0 Å². The molecule has 0 amide bonds. The van der Waals surface area contributed by atoms with Crippen molar-refractivity contribution >= 4 is 0 Å². The maximum Gasteiger partial charge on any atom is 0.0643 e. The van der Waals surface area contributed by atoms with Crippen molar-refractivity contribution in [2.75, 3.05) is 13.2 Å². The second-order valence-electron chi connectivity index (χ2n) is 3.03. The van der Waals surface area contributed by atoms with E-state index in [0.717, 1.165) is 6.42 Å². The molecule has 1 fully saturated rings. The molecule has 1 aliphatic rings. The Labute approximate surface area is 61.2 Å². The lowest BCUT2D eigenvalue weighted by Crippen LogP contribution is -2.30. The highest BCUT2D eigenvalue weighted by molar-refractivity contribution is 4.83. The van der Waals surface area contributed by atoms with Crippen LogP contribution in [0, 0.1) is 5.92 Å². The van der Waals surface area contributed by atoms with Crippen LogP contribution in [0.1, 0.15) is 13.3 Å². The van der Waals surface area contributed by atoms with Gasteiger partial charge in [0, 0.05) is 0 Å². The summed E-state index contributed by atoms with van der Waals surface area (Å²) in [5, 5.41) is 8.53. The Morgan fingerprint density at radius 2 is 2.40 bits per heavy atom. The molecule has 1 aliphatic carbocycles. The average Bonchev–Trinajstić information content (AvgIpc) is 2.61. The van der Waals surface area contributed by atoms with Crippen LogP contribution in [0.25, 0.3) is 0 Å². The molecule has 0 aromatic carbocycles.